The molecule has 0 unspecified atom stereocenters. The van der Waals surface area contributed by atoms with Crippen LogP contribution in [0.4, 0.5) is 8.78 Å². The van der Waals surface area contributed by atoms with Crippen molar-refractivity contribution in [3.8, 4) is 5.75 Å². The molecular weight excluding hydrogens is 190 g/mol. The van der Waals surface area contributed by atoms with Gasteiger partial charge in [0.2, 0.25) is 0 Å². The number of alkyl halides is 2. The zero-order valence-corrected chi connectivity index (χ0v) is 8.05. The maximum Gasteiger partial charge on any atom is 0.295 e. The van der Waals surface area contributed by atoms with E-state index in [-0.39, 0.29) is 5.56 Å². The fraction of sp³-hybridized carbons (Fsp3) is 0.400. The molecule has 1 aromatic carbocycles. The average molecular weight is 202 g/mol. The maximum atomic E-state index is 13.0. The van der Waals surface area contributed by atoms with Gasteiger partial charge < -0.3 is 9.84 Å². The molecule has 0 aromatic heterocycles. The summed E-state index contributed by atoms with van der Waals surface area (Å²) in [7, 11) is 1.42. The largest absolute Gasteiger partial charge is 0.496 e. The second kappa shape index (κ2) is 3.92. The van der Waals surface area contributed by atoms with Crippen molar-refractivity contribution >= 4 is 0 Å². The monoisotopic (exact) mass is 202 g/mol. The number of methoxy groups -OCH3 is 1. The number of halogens is 2. The molecule has 0 aliphatic heterocycles. The van der Waals surface area contributed by atoms with Crippen LogP contribution in [0.5, 0.6) is 5.75 Å². The highest BCUT2D eigenvalue weighted by Gasteiger charge is 2.30. The first-order valence-corrected chi connectivity index (χ1v) is 4.15. The van der Waals surface area contributed by atoms with Crippen molar-refractivity contribution in [2.75, 3.05) is 13.7 Å². The molecule has 1 N–H and O–H groups in total. The third kappa shape index (κ3) is 2.01. The highest BCUT2D eigenvalue weighted by atomic mass is 19.3. The number of hydrogen-bond donors (Lipinski definition) is 1. The third-order valence-electron chi connectivity index (χ3n) is 2.03. The molecule has 0 spiro atoms. The smallest absolute Gasteiger partial charge is 0.295 e. The number of aliphatic hydroxyl groups excluding tert-OH is 1. The summed E-state index contributed by atoms with van der Waals surface area (Å²) < 4.78 is 31.0. The zero-order chi connectivity index (χ0) is 10.8. The predicted octanol–water partition coefficient (Wildman–Crippen LogP) is 2.09. The second-order valence-corrected chi connectivity index (χ2v) is 3.05. The Bertz CT molecular complexity index is 324. The van der Waals surface area contributed by atoms with E-state index in [4.69, 9.17) is 9.84 Å². The van der Waals surface area contributed by atoms with Gasteiger partial charge in [-0.05, 0) is 18.6 Å². The minimum absolute atomic E-state index is 0.234. The Morgan fingerprint density at radius 2 is 2.07 bits per heavy atom. The normalized spacial score (nSPS) is 11.5. The minimum Gasteiger partial charge on any atom is -0.496 e. The molecule has 0 heterocycles. The quantitative estimate of drug-likeness (QED) is 0.813. The van der Waals surface area contributed by atoms with E-state index in [1.165, 1.54) is 25.3 Å². The van der Waals surface area contributed by atoms with E-state index in [0.29, 0.717) is 5.75 Å². The van der Waals surface area contributed by atoms with Gasteiger partial charge in [0.05, 0.1) is 7.11 Å². The van der Waals surface area contributed by atoms with E-state index >= 15 is 0 Å². The van der Waals surface area contributed by atoms with Gasteiger partial charge in [-0.2, -0.15) is 8.78 Å². The summed E-state index contributed by atoms with van der Waals surface area (Å²) >= 11 is 0. The lowest BCUT2D eigenvalue weighted by atomic mass is 10.1. The standard InChI is InChI=1S/C10H12F2O2/c1-7-3-4-8(5-9(7)14-2)10(11,12)6-13/h3-5,13H,6H2,1-2H3. The van der Waals surface area contributed by atoms with E-state index in [1.807, 2.05) is 0 Å². The predicted molar refractivity (Wildman–Crippen MR) is 48.7 cm³/mol. The highest BCUT2D eigenvalue weighted by Crippen LogP contribution is 2.31. The zero-order valence-electron chi connectivity index (χ0n) is 8.05. The molecule has 0 aliphatic carbocycles. The number of rotatable bonds is 3. The van der Waals surface area contributed by atoms with E-state index in [2.05, 4.69) is 0 Å². The van der Waals surface area contributed by atoms with Crippen LogP contribution >= 0.6 is 0 Å². The summed E-state index contributed by atoms with van der Waals surface area (Å²) in [5.74, 6) is -2.81. The molecule has 1 aromatic rings. The number of benzene rings is 1. The molecule has 0 aliphatic rings. The lowest BCUT2D eigenvalue weighted by molar-refractivity contribution is -0.0557. The molecular formula is C10H12F2O2. The van der Waals surface area contributed by atoms with Crippen LogP contribution in [0.25, 0.3) is 0 Å². The van der Waals surface area contributed by atoms with E-state index in [9.17, 15) is 8.78 Å². The van der Waals surface area contributed by atoms with Crippen molar-refractivity contribution in [1.29, 1.82) is 0 Å². The molecule has 0 bridgehead atoms. The van der Waals surface area contributed by atoms with Gasteiger partial charge in [0, 0.05) is 5.56 Å². The molecule has 78 valence electrons. The van der Waals surface area contributed by atoms with Crippen LogP contribution in [-0.2, 0) is 5.92 Å². The van der Waals surface area contributed by atoms with Crippen LogP contribution in [-0.4, -0.2) is 18.8 Å². The Labute approximate surface area is 81.1 Å². The van der Waals surface area contributed by atoms with E-state index < -0.39 is 12.5 Å². The summed E-state index contributed by atoms with van der Waals surface area (Å²) in [5.41, 5.74) is 0.549. The van der Waals surface area contributed by atoms with Gasteiger partial charge in [-0.3, -0.25) is 0 Å². The van der Waals surface area contributed by atoms with E-state index in [1.54, 1.807) is 6.92 Å². The van der Waals surface area contributed by atoms with Crippen molar-refractivity contribution in [1.82, 2.24) is 0 Å². The number of aryl methyl sites for hydroxylation is 1. The van der Waals surface area contributed by atoms with Crippen LogP contribution < -0.4 is 4.74 Å². The molecule has 0 fully saturated rings. The van der Waals surface area contributed by atoms with Crippen molar-refractivity contribution in [2.24, 2.45) is 0 Å². The van der Waals surface area contributed by atoms with Gasteiger partial charge in [-0.15, -0.1) is 0 Å². The molecule has 2 nitrogen and oxygen atoms in total. The molecule has 0 radical (unpaired) electrons. The van der Waals surface area contributed by atoms with E-state index in [0.717, 1.165) is 5.56 Å². The fourth-order valence-corrected chi connectivity index (χ4v) is 1.14. The Morgan fingerprint density at radius 3 is 2.57 bits per heavy atom. The lowest BCUT2D eigenvalue weighted by Crippen LogP contribution is -2.18. The molecule has 1 rings (SSSR count). The first-order chi connectivity index (χ1) is 6.51. The van der Waals surface area contributed by atoms with Gasteiger partial charge in [0.25, 0.3) is 5.92 Å². The van der Waals surface area contributed by atoms with Gasteiger partial charge in [0.1, 0.15) is 12.4 Å². The van der Waals surface area contributed by atoms with Gasteiger partial charge in [-0.1, -0.05) is 12.1 Å². The van der Waals surface area contributed by atoms with Crippen molar-refractivity contribution < 1.29 is 18.6 Å². The number of ether oxygens (including phenoxy) is 1. The molecule has 4 heteroatoms. The summed E-state index contributed by atoms with van der Waals surface area (Å²) in [6, 6.07) is 4.07. The lowest BCUT2D eigenvalue weighted by Gasteiger charge is -2.15. The summed E-state index contributed by atoms with van der Waals surface area (Å²) in [4.78, 5) is 0. The molecule has 0 saturated heterocycles. The van der Waals surface area contributed by atoms with Crippen molar-refractivity contribution in [3.63, 3.8) is 0 Å². The molecule has 0 saturated carbocycles. The number of aliphatic hydroxyl groups is 1. The van der Waals surface area contributed by atoms with Crippen molar-refractivity contribution in [3.05, 3.63) is 29.3 Å². The fourth-order valence-electron chi connectivity index (χ4n) is 1.14. The first kappa shape index (κ1) is 10.9. The summed E-state index contributed by atoms with van der Waals surface area (Å²) in [6.45, 7) is 0.568. The van der Waals surface area contributed by atoms with Crippen LogP contribution in [0.2, 0.25) is 0 Å². The Kier molecular flexibility index (Phi) is 3.06. The summed E-state index contributed by atoms with van der Waals surface area (Å²) in [6.07, 6.45) is 0. The molecule has 14 heavy (non-hydrogen) atoms. The van der Waals surface area contributed by atoms with Crippen LogP contribution in [0.3, 0.4) is 0 Å². The Morgan fingerprint density at radius 1 is 1.43 bits per heavy atom. The van der Waals surface area contributed by atoms with Crippen LogP contribution in [0.1, 0.15) is 11.1 Å². The minimum atomic E-state index is -3.21. The van der Waals surface area contributed by atoms with Gasteiger partial charge in [-0.25, -0.2) is 0 Å². The van der Waals surface area contributed by atoms with Crippen LogP contribution in [0, 0.1) is 6.92 Å². The van der Waals surface area contributed by atoms with Crippen molar-refractivity contribution in [2.45, 2.75) is 12.8 Å². The molecule has 0 atom stereocenters. The van der Waals surface area contributed by atoms with Gasteiger partial charge >= 0.3 is 0 Å². The van der Waals surface area contributed by atoms with Crippen LogP contribution in [0.15, 0.2) is 18.2 Å². The van der Waals surface area contributed by atoms with Gasteiger partial charge in [0.15, 0.2) is 0 Å². The molecule has 0 amide bonds. The Balaban J connectivity index is 3.12. The third-order valence-corrected chi connectivity index (χ3v) is 2.03. The highest BCUT2D eigenvalue weighted by molar-refractivity contribution is 5.38. The second-order valence-electron chi connectivity index (χ2n) is 3.05. The SMILES string of the molecule is COc1cc(C(F)(F)CO)ccc1C. The average Bonchev–Trinajstić information content (AvgIpc) is 2.18. The maximum absolute atomic E-state index is 13.0. The first-order valence-electron chi connectivity index (χ1n) is 4.15. The topological polar surface area (TPSA) is 29.5 Å². The Hall–Kier alpha value is -1.16. The summed E-state index contributed by atoms with van der Waals surface area (Å²) in [5, 5.41) is 8.49. The number of hydrogen-bond acceptors (Lipinski definition) is 2.